The number of piperidine rings is 1. The molecule has 0 aromatic heterocycles. The third-order valence-electron chi connectivity index (χ3n) is 3.20. The lowest BCUT2D eigenvalue weighted by atomic mass is 9.98. The van der Waals surface area contributed by atoms with Gasteiger partial charge in [0.15, 0.2) is 0 Å². The molecule has 2 heterocycles. The summed E-state index contributed by atoms with van der Waals surface area (Å²) in [6, 6.07) is 0. The number of nitrogens with one attached hydrogen (secondary N) is 1. The molecule has 2 atom stereocenters. The topological polar surface area (TPSA) is 32.3 Å². The fraction of sp³-hybridized carbons (Fsp3) is 0.909. The van der Waals surface area contributed by atoms with Gasteiger partial charge < -0.3 is 10.2 Å². The lowest BCUT2D eigenvalue weighted by molar-refractivity contribution is -0.135. The molecule has 2 rings (SSSR count). The fourth-order valence-corrected chi connectivity index (χ4v) is 3.35. The SMILES string of the molecule is CC1CN(C(=O)C2CCCNC2)CCS1. The van der Waals surface area contributed by atoms with Crippen molar-refractivity contribution < 1.29 is 4.79 Å². The highest BCUT2D eigenvalue weighted by molar-refractivity contribution is 7.99. The summed E-state index contributed by atoms with van der Waals surface area (Å²) in [5.41, 5.74) is 0. The van der Waals surface area contributed by atoms with E-state index in [1.54, 1.807) is 0 Å². The smallest absolute Gasteiger partial charge is 0.227 e. The molecule has 0 radical (unpaired) electrons. The van der Waals surface area contributed by atoms with Crippen molar-refractivity contribution in [2.24, 2.45) is 5.92 Å². The molecule has 2 aliphatic heterocycles. The van der Waals surface area contributed by atoms with Gasteiger partial charge in [0.05, 0.1) is 5.92 Å². The van der Waals surface area contributed by atoms with Crippen LogP contribution in [0, 0.1) is 5.92 Å². The first-order valence-corrected chi connectivity index (χ1v) is 6.93. The standard InChI is InChI=1S/C11H20N2OS/c1-9-8-13(5-6-15-9)11(14)10-3-2-4-12-7-10/h9-10,12H,2-8H2,1H3. The third-order valence-corrected chi connectivity index (χ3v) is 4.34. The molecule has 1 amide bonds. The predicted molar refractivity (Wildman–Crippen MR) is 64.1 cm³/mol. The van der Waals surface area contributed by atoms with Gasteiger partial charge in [0.2, 0.25) is 5.91 Å². The van der Waals surface area contributed by atoms with Crippen molar-refractivity contribution in [1.82, 2.24) is 10.2 Å². The van der Waals surface area contributed by atoms with Crippen molar-refractivity contribution in [3.63, 3.8) is 0 Å². The summed E-state index contributed by atoms with van der Waals surface area (Å²) in [6.45, 7) is 6.07. The van der Waals surface area contributed by atoms with Crippen LogP contribution in [0.1, 0.15) is 19.8 Å². The fourth-order valence-electron chi connectivity index (χ4n) is 2.34. The minimum Gasteiger partial charge on any atom is -0.340 e. The minimum absolute atomic E-state index is 0.244. The number of carbonyl (C=O) groups excluding carboxylic acids is 1. The maximum Gasteiger partial charge on any atom is 0.227 e. The Morgan fingerprint density at radius 2 is 2.40 bits per heavy atom. The van der Waals surface area contributed by atoms with Crippen molar-refractivity contribution >= 4 is 17.7 Å². The van der Waals surface area contributed by atoms with Crippen LogP contribution in [0.4, 0.5) is 0 Å². The molecular weight excluding hydrogens is 208 g/mol. The van der Waals surface area contributed by atoms with Gasteiger partial charge in [-0.1, -0.05) is 6.92 Å². The number of thioether (sulfide) groups is 1. The monoisotopic (exact) mass is 228 g/mol. The van der Waals surface area contributed by atoms with E-state index in [9.17, 15) is 4.79 Å². The maximum atomic E-state index is 12.2. The quantitative estimate of drug-likeness (QED) is 0.725. The molecule has 4 heteroatoms. The van der Waals surface area contributed by atoms with Crippen LogP contribution in [0.5, 0.6) is 0 Å². The van der Waals surface area contributed by atoms with E-state index in [0.29, 0.717) is 11.2 Å². The molecule has 0 spiro atoms. The Hall–Kier alpha value is -0.220. The Morgan fingerprint density at radius 1 is 1.53 bits per heavy atom. The van der Waals surface area contributed by atoms with E-state index < -0.39 is 0 Å². The van der Waals surface area contributed by atoms with E-state index >= 15 is 0 Å². The normalized spacial score (nSPS) is 32.7. The van der Waals surface area contributed by atoms with Gasteiger partial charge in [0.25, 0.3) is 0 Å². The average Bonchev–Trinajstić information content (AvgIpc) is 2.29. The van der Waals surface area contributed by atoms with E-state index in [-0.39, 0.29) is 5.92 Å². The second-order valence-corrected chi connectivity index (χ2v) is 6.06. The molecule has 0 aliphatic carbocycles. The van der Waals surface area contributed by atoms with Gasteiger partial charge in [-0.2, -0.15) is 11.8 Å². The van der Waals surface area contributed by atoms with E-state index in [0.717, 1.165) is 44.8 Å². The molecule has 3 nitrogen and oxygen atoms in total. The van der Waals surface area contributed by atoms with Crippen LogP contribution >= 0.6 is 11.8 Å². The highest BCUT2D eigenvalue weighted by Crippen LogP contribution is 2.21. The summed E-state index contributed by atoms with van der Waals surface area (Å²) in [5.74, 6) is 1.73. The van der Waals surface area contributed by atoms with Crippen molar-refractivity contribution in [1.29, 1.82) is 0 Å². The number of rotatable bonds is 1. The van der Waals surface area contributed by atoms with Gasteiger partial charge in [0.1, 0.15) is 0 Å². The minimum atomic E-state index is 0.244. The first-order chi connectivity index (χ1) is 7.27. The summed E-state index contributed by atoms with van der Waals surface area (Å²) < 4.78 is 0. The number of nitrogens with zero attached hydrogens (tertiary/aromatic N) is 1. The third kappa shape index (κ3) is 2.88. The van der Waals surface area contributed by atoms with Crippen molar-refractivity contribution in [3.8, 4) is 0 Å². The van der Waals surface area contributed by atoms with Crippen LogP contribution in [0.2, 0.25) is 0 Å². The summed E-state index contributed by atoms with van der Waals surface area (Å²) in [5, 5.41) is 3.92. The number of amides is 1. The van der Waals surface area contributed by atoms with Crippen molar-refractivity contribution in [2.75, 3.05) is 31.9 Å². The van der Waals surface area contributed by atoms with Crippen LogP contribution in [0.3, 0.4) is 0 Å². The second-order valence-electron chi connectivity index (χ2n) is 4.51. The lowest BCUT2D eigenvalue weighted by Crippen LogP contribution is -2.47. The van der Waals surface area contributed by atoms with Gasteiger partial charge in [-0.15, -0.1) is 0 Å². The summed E-state index contributed by atoms with van der Waals surface area (Å²) in [6.07, 6.45) is 2.22. The zero-order valence-electron chi connectivity index (χ0n) is 9.37. The molecule has 2 fully saturated rings. The molecule has 0 aromatic carbocycles. The first kappa shape index (κ1) is 11.3. The highest BCUT2D eigenvalue weighted by Gasteiger charge is 2.28. The molecule has 1 N–H and O–H groups in total. The molecule has 2 aliphatic rings. The Kier molecular flexibility index (Phi) is 3.92. The first-order valence-electron chi connectivity index (χ1n) is 5.88. The molecule has 0 aromatic rings. The summed E-state index contributed by atoms with van der Waals surface area (Å²) in [7, 11) is 0. The Bertz CT molecular complexity index is 229. The largest absolute Gasteiger partial charge is 0.340 e. The Labute approximate surface area is 96.0 Å². The van der Waals surface area contributed by atoms with Crippen LogP contribution in [-0.2, 0) is 4.79 Å². The number of hydrogen-bond acceptors (Lipinski definition) is 3. The van der Waals surface area contributed by atoms with Gasteiger partial charge in [-0.05, 0) is 19.4 Å². The molecule has 2 saturated heterocycles. The Morgan fingerprint density at radius 3 is 3.07 bits per heavy atom. The number of hydrogen-bond donors (Lipinski definition) is 1. The van der Waals surface area contributed by atoms with Crippen LogP contribution in [0.25, 0.3) is 0 Å². The van der Waals surface area contributed by atoms with Crippen molar-refractivity contribution in [3.05, 3.63) is 0 Å². The molecule has 86 valence electrons. The van der Waals surface area contributed by atoms with E-state index in [2.05, 4.69) is 17.1 Å². The van der Waals surface area contributed by atoms with Crippen LogP contribution in [-0.4, -0.2) is 48.0 Å². The van der Waals surface area contributed by atoms with Crippen LogP contribution in [0.15, 0.2) is 0 Å². The Balaban J connectivity index is 1.88. The predicted octanol–water partition coefficient (Wildman–Crippen LogP) is 0.950. The van der Waals surface area contributed by atoms with E-state index in [4.69, 9.17) is 0 Å². The maximum absolute atomic E-state index is 12.2. The molecular formula is C11H20N2OS. The summed E-state index contributed by atoms with van der Waals surface area (Å²) >= 11 is 1.98. The van der Waals surface area contributed by atoms with Gasteiger partial charge in [-0.25, -0.2) is 0 Å². The van der Waals surface area contributed by atoms with E-state index in [1.807, 2.05) is 11.8 Å². The van der Waals surface area contributed by atoms with E-state index in [1.165, 1.54) is 0 Å². The molecule has 2 unspecified atom stereocenters. The number of carbonyl (C=O) groups is 1. The zero-order chi connectivity index (χ0) is 10.7. The zero-order valence-corrected chi connectivity index (χ0v) is 10.2. The lowest BCUT2D eigenvalue weighted by Gasteiger charge is -2.34. The van der Waals surface area contributed by atoms with Gasteiger partial charge in [-0.3, -0.25) is 4.79 Å². The van der Waals surface area contributed by atoms with Gasteiger partial charge in [0, 0.05) is 30.6 Å². The average molecular weight is 228 g/mol. The van der Waals surface area contributed by atoms with Gasteiger partial charge >= 0.3 is 0 Å². The molecule has 15 heavy (non-hydrogen) atoms. The van der Waals surface area contributed by atoms with Crippen molar-refractivity contribution in [2.45, 2.75) is 25.0 Å². The molecule has 0 bridgehead atoms. The highest BCUT2D eigenvalue weighted by atomic mass is 32.2. The van der Waals surface area contributed by atoms with Crippen LogP contribution < -0.4 is 5.32 Å². The molecule has 0 saturated carbocycles. The summed E-state index contributed by atoms with van der Waals surface area (Å²) in [4.78, 5) is 14.2. The second kappa shape index (κ2) is 5.21.